The number of hydrogen-bond donors (Lipinski definition) is 0. The fourth-order valence-corrected chi connectivity index (χ4v) is 2.48. The maximum atomic E-state index is 11.6. The molecule has 0 saturated carbocycles. The molecule has 0 radical (unpaired) electrons. The van der Waals surface area contributed by atoms with Gasteiger partial charge in [-0.25, -0.2) is 0 Å². The number of carbonyl (C=O) groups excluding carboxylic acids is 2. The van der Waals surface area contributed by atoms with Crippen LogP contribution in [0.5, 0.6) is 0 Å². The predicted octanol–water partition coefficient (Wildman–Crippen LogP) is 0.889. The van der Waals surface area contributed by atoms with Gasteiger partial charge in [0.25, 0.3) is 0 Å². The molecule has 1 heterocycles. The van der Waals surface area contributed by atoms with Gasteiger partial charge in [0.2, 0.25) is 11.8 Å². The van der Waals surface area contributed by atoms with Crippen molar-refractivity contribution in [2.24, 2.45) is 0 Å². The van der Waals surface area contributed by atoms with Crippen molar-refractivity contribution in [3.63, 3.8) is 0 Å². The Balaban J connectivity index is 2.65. The lowest BCUT2D eigenvalue weighted by molar-refractivity contribution is -0.137. The second-order valence-corrected chi connectivity index (χ2v) is 5.18. The highest BCUT2D eigenvalue weighted by Crippen LogP contribution is 2.27. The standard InChI is InChI=1S/C10H13NO2S/c1-4-5-11-9(12)6-8(10(11)13)14-7(2)3/h1,7-8H,5-6H2,2-3H3. The number of rotatable bonds is 3. The molecule has 1 fully saturated rings. The zero-order valence-electron chi connectivity index (χ0n) is 8.32. The second-order valence-electron chi connectivity index (χ2n) is 3.40. The summed E-state index contributed by atoms with van der Waals surface area (Å²) >= 11 is 1.52. The molecule has 0 aliphatic carbocycles. The van der Waals surface area contributed by atoms with E-state index in [2.05, 4.69) is 5.92 Å². The van der Waals surface area contributed by atoms with E-state index in [4.69, 9.17) is 6.42 Å². The minimum atomic E-state index is -0.226. The van der Waals surface area contributed by atoms with Gasteiger partial charge >= 0.3 is 0 Å². The third-order valence-electron chi connectivity index (χ3n) is 1.89. The Morgan fingerprint density at radius 2 is 2.29 bits per heavy atom. The number of carbonyl (C=O) groups is 2. The summed E-state index contributed by atoms with van der Waals surface area (Å²) in [6, 6.07) is 0. The quantitative estimate of drug-likeness (QED) is 0.514. The molecule has 14 heavy (non-hydrogen) atoms. The average Bonchev–Trinajstić information content (AvgIpc) is 2.32. The first kappa shape index (κ1) is 11.1. The van der Waals surface area contributed by atoms with Crippen molar-refractivity contribution in [1.82, 2.24) is 4.90 Å². The van der Waals surface area contributed by atoms with Crippen LogP contribution in [0, 0.1) is 12.3 Å². The molecule has 76 valence electrons. The summed E-state index contributed by atoms with van der Waals surface area (Å²) in [6.45, 7) is 4.12. The summed E-state index contributed by atoms with van der Waals surface area (Å²) in [5.74, 6) is 2.04. The van der Waals surface area contributed by atoms with Gasteiger partial charge in [0.1, 0.15) is 0 Å². The minimum Gasteiger partial charge on any atom is -0.274 e. The van der Waals surface area contributed by atoms with Gasteiger partial charge in [-0.2, -0.15) is 0 Å². The number of likely N-dealkylation sites (tertiary alicyclic amines) is 1. The SMILES string of the molecule is C#CCN1C(=O)CC(SC(C)C)C1=O. The van der Waals surface area contributed by atoms with E-state index < -0.39 is 0 Å². The van der Waals surface area contributed by atoms with Crippen LogP contribution in [0.1, 0.15) is 20.3 Å². The van der Waals surface area contributed by atoms with Gasteiger partial charge in [0, 0.05) is 6.42 Å². The third-order valence-corrected chi connectivity index (χ3v) is 3.13. The molecule has 0 N–H and O–H groups in total. The highest BCUT2D eigenvalue weighted by molar-refractivity contribution is 8.01. The van der Waals surface area contributed by atoms with E-state index in [1.54, 1.807) is 0 Å². The van der Waals surface area contributed by atoms with Crippen LogP contribution in [-0.4, -0.2) is 33.8 Å². The Bertz CT molecular complexity index is 293. The largest absolute Gasteiger partial charge is 0.274 e. The Kier molecular flexibility index (Phi) is 3.59. The number of amides is 2. The zero-order valence-corrected chi connectivity index (χ0v) is 9.13. The van der Waals surface area contributed by atoms with Gasteiger partial charge in [-0.15, -0.1) is 18.2 Å². The van der Waals surface area contributed by atoms with Crippen LogP contribution in [0.15, 0.2) is 0 Å². The molecule has 2 amide bonds. The van der Waals surface area contributed by atoms with Crippen molar-refractivity contribution in [2.45, 2.75) is 30.8 Å². The summed E-state index contributed by atoms with van der Waals surface area (Å²) in [4.78, 5) is 24.2. The van der Waals surface area contributed by atoms with Gasteiger partial charge in [-0.3, -0.25) is 14.5 Å². The normalized spacial score (nSPS) is 21.9. The molecule has 0 aromatic rings. The molecule has 1 saturated heterocycles. The van der Waals surface area contributed by atoms with Crippen molar-refractivity contribution in [3.05, 3.63) is 0 Å². The van der Waals surface area contributed by atoms with Gasteiger partial charge in [0.15, 0.2) is 0 Å². The van der Waals surface area contributed by atoms with E-state index in [0.717, 1.165) is 0 Å². The number of hydrogen-bond acceptors (Lipinski definition) is 3. The Morgan fingerprint density at radius 1 is 1.64 bits per heavy atom. The first-order valence-corrected chi connectivity index (χ1v) is 5.43. The number of terminal acetylenes is 1. The Labute approximate surface area is 88.2 Å². The summed E-state index contributed by atoms with van der Waals surface area (Å²) in [7, 11) is 0. The molecule has 4 heteroatoms. The highest BCUT2D eigenvalue weighted by atomic mass is 32.2. The lowest BCUT2D eigenvalue weighted by Gasteiger charge is -2.12. The molecule has 1 atom stereocenters. The molecule has 0 aromatic carbocycles. The van der Waals surface area contributed by atoms with Crippen LogP contribution in [0.2, 0.25) is 0 Å². The van der Waals surface area contributed by atoms with Crippen molar-refractivity contribution in [1.29, 1.82) is 0 Å². The molecule has 0 bridgehead atoms. The molecule has 1 unspecified atom stereocenters. The lowest BCUT2D eigenvalue weighted by atomic mass is 10.4. The Morgan fingerprint density at radius 3 is 2.79 bits per heavy atom. The number of nitrogens with zero attached hydrogens (tertiary/aromatic N) is 1. The van der Waals surface area contributed by atoms with Crippen LogP contribution in [0.3, 0.4) is 0 Å². The van der Waals surface area contributed by atoms with E-state index in [0.29, 0.717) is 11.7 Å². The van der Waals surface area contributed by atoms with Crippen LogP contribution in [0.25, 0.3) is 0 Å². The van der Waals surface area contributed by atoms with Crippen molar-refractivity contribution in [3.8, 4) is 12.3 Å². The van der Waals surface area contributed by atoms with Gasteiger partial charge in [-0.05, 0) is 5.25 Å². The summed E-state index contributed by atoms with van der Waals surface area (Å²) in [5.41, 5.74) is 0. The van der Waals surface area contributed by atoms with E-state index in [1.165, 1.54) is 16.7 Å². The molecular formula is C10H13NO2S. The summed E-state index contributed by atoms with van der Waals surface area (Å²) < 4.78 is 0. The molecule has 1 aliphatic rings. The van der Waals surface area contributed by atoms with E-state index >= 15 is 0 Å². The topological polar surface area (TPSA) is 37.4 Å². The summed E-state index contributed by atoms with van der Waals surface area (Å²) in [6.07, 6.45) is 5.37. The van der Waals surface area contributed by atoms with Crippen LogP contribution < -0.4 is 0 Å². The third kappa shape index (κ3) is 2.30. The zero-order chi connectivity index (χ0) is 10.7. The Hall–Kier alpha value is -0.950. The fraction of sp³-hybridized carbons (Fsp3) is 0.600. The fourth-order valence-electron chi connectivity index (χ4n) is 1.35. The average molecular weight is 211 g/mol. The first-order chi connectivity index (χ1) is 6.56. The van der Waals surface area contributed by atoms with Crippen molar-refractivity contribution >= 4 is 23.6 Å². The van der Waals surface area contributed by atoms with Gasteiger partial charge in [-0.1, -0.05) is 19.8 Å². The molecule has 3 nitrogen and oxygen atoms in total. The first-order valence-electron chi connectivity index (χ1n) is 4.49. The number of thioether (sulfide) groups is 1. The van der Waals surface area contributed by atoms with Crippen LogP contribution >= 0.6 is 11.8 Å². The minimum absolute atomic E-state index is 0.104. The monoisotopic (exact) mass is 211 g/mol. The van der Waals surface area contributed by atoms with E-state index in [-0.39, 0.29) is 23.6 Å². The molecule has 1 rings (SSSR count). The van der Waals surface area contributed by atoms with Crippen LogP contribution in [-0.2, 0) is 9.59 Å². The van der Waals surface area contributed by atoms with Gasteiger partial charge < -0.3 is 0 Å². The molecular weight excluding hydrogens is 198 g/mol. The second kappa shape index (κ2) is 4.52. The van der Waals surface area contributed by atoms with Gasteiger partial charge in [0.05, 0.1) is 11.8 Å². The molecule has 1 aliphatic heterocycles. The number of imide groups is 1. The van der Waals surface area contributed by atoms with Crippen molar-refractivity contribution < 1.29 is 9.59 Å². The molecule has 0 aromatic heterocycles. The summed E-state index contributed by atoms with van der Waals surface area (Å²) in [5, 5.41) is 0.124. The maximum absolute atomic E-state index is 11.6. The van der Waals surface area contributed by atoms with Crippen LogP contribution in [0.4, 0.5) is 0 Å². The maximum Gasteiger partial charge on any atom is 0.243 e. The van der Waals surface area contributed by atoms with Crippen molar-refractivity contribution in [2.75, 3.05) is 6.54 Å². The van der Waals surface area contributed by atoms with E-state index in [1.807, 2.05) is 13.8 Å². The smallest absolute Gasteiger partial charge is 0.243 e. The molecule has 0 spiro atoms. The predicted molar refractivity (Wildman–Crippen MR) is 56.7 cm³/mol. The lowest BCUT2D eigenvalue weighted by Crippen LogP contribution is -2.31. The highest BCUT2D eigenvalue weighted by Gasteiger charge is 2.38. The van der Waals surface area contributed by atoms with E-state index in [9.17, 15) is 9.59 Å².